The molecule has 2 aromatic carbocycles. The van der Waals surface area contributed by atoms with Crippen LogP contribution in [0.3, 0.4) is 0 Å². The molecule has 0 aromatic heterocycles. The maximum atomic E-state index is 12.7. The van der Waals surface area contributed by atoms with Crippen LogP contribution in [-0.4, -0.2) is 37.7 Å². The summed E-state index contributed by atoms with van der Waals surface area (Å²) in [6.45, 7) is 4.73. The standard InChI is InChI=1S/C23H24N2O6/c1-14(2)12-29-23(28)15-3-5-17(6-4-15)24-22(27)16-9-21(26)25(11-16)18-7-8-19-20(10-18)31-13-30-19/h3-8,10,14,16H,9,11-13H2,1-2H3,(H,24,27). The average Bonchev–Trinajstić information content (AvgIpc) is 3.38. The average molecular weight is 424 g/mol. The van der Waals surface area contributed by atoms with Crippen molar-refractivity contribution in [3.05, 3.63) is 48.0 Å². The SMILES string of the molecule is CC(C)COC(=O)c1ccc(NC(=O)C2CC(=O)N(c3ccc4c(c3)OCO4)C2)cc1. The molecule has 2 aliphatic rings. The van der Waals surface area contributed by atoms with E-state index < -0.39 is 11.9 Å². The van der Waals surface area contributed by atoms with Crippen LogP contribution in [0.2, 0.25) is 0 Å². The number of anilines is 2. The number of benzene rings is 2. The highest BCUT2D eigenvalue weighted by molar-refractivity contribution is 6.03. The van der Waals surface area contributed by atoms with E-state index in [1.807, 2.05) is 13.8 Å². The molecule has 2 heterocycles. The Hall–Kier alpha value is -3.55. The zero-order valence-electron chi connectivity index (χ0n) is 17.4. The van der Waals surface area contributed by atoms with Crippen molar-refractivity contribution in [2.45, 2.75) is 20.3 Å². The fourth-order valence-electron chi connectivity index (χ4n) is 3.45. The van der Waals surface area contributed by atoms with Crippen LogP contribution in [0.4, 0.5) is 11.4 Å². The molecule has 0 spiro atoms. The number of amides is 2. The summed E-state index contributed by atoms with van der Waals surface area (Å²) >= 11 is 0. The third-order valence-electron chi connectivity index (χ3n) is 5.10. The Bertz CT molecular complexity index is 1000. The van der Waals surface area contributed by atoms with Crippen molar-refractivity contribution in [1.29, 1.82) is 0 Å². The minimum Gasteiger partial charge on any atom is -0.462 e. The van der Waals surface area contributed by atoms with Crippen molar-refractivity contribution < 1.29 is 28.6 Å². The molecule has 2 aliphatic heterocycles. The van der Waals surface area contributed by atoms with Crippen LogP contribution in [0.1, 0.15) is 30.6 Å². The van der Waals surface area contributed by atoms with E-state index >= 15 is 0 Å². The quantitative estimate of drug-likeness (QED) is 0.716. The van der Waals surface area contributed by atoms with Crippen LogP contribution in [0.25, 0.3) is 0 Å². The highest BCUT2D eigenvalue weighted by atomic mass is 16.7. The van der Waals surface area contributed by atoms with Crippen molar-refractivity contribution >= 4 is 29.2 Å². The molecule has 8 nitrogen and oxygen atoms in total. The minimum atomic E-state index is -0.478. The van der Waals surface area contributed by atoms with Crippen LogP contribution in [0, 0.1) is 11.8 Å². The van der Waals surface area contributed by atoms with Crippen LogP contribution in [-0.2, 0) is 14.3 Å². The van der Waals surface area contributed by atoms with E-state index in [1.54, 1.807) is 47.4 Å². The summed E-state index contributed by atoms with van der Waals surface area (Å²) in [7, 11) is 0. The van der Waals surface area contributed by atoms with Gasteiger partial charge in [-0.2, -0.15) is 0 Å². The van der Waals surface area contributed by atoms with Gasteiger partial charge in [0.2, 0.25) is 18.6 Å². The van der Waals surface area contributed by atoms with Gasteiger partial charge in [-0.25, -0.2) is 4.79 Å². The first kappa shape index (κ1) is 20.7. The van der Waals surface area contributed by atoms with E-state index in [-0.39, 0.29) is 37.5 Å². The predicted molar refractivity (Wildman–Crippen MR) is 113 cm³/mol. The number of carbonyl (C=O) groups excluding carboxylic acids is 3. The first-order valence-electron chi connectivity index (χ1n) is 10.2. The molecule has 1 saturated heterocycles. The molecule has 1 N–H and O–H groups in total. The highest BCUT2D eigenvalue weighted by Gasteiger charge is 2.35. The van der Waals surface area contributed by atoms with Gasteiger partial charge < -0.3 is 24.4 Å². The number of nitrogens with one attached hydrogen (secondary N) is 1. The number of hydrogen-bond acceptors (Lipinski definition) is 6. The Morgan fingerprint density at radius 1 is 1.13 bits per heavy atom. The molecule has 2 aromatic rings. The summed E-state index contributed by atoms with van der Waals surface area (Å²) < 4.78 is 15.9. The normalized spacial score (nSPS) is 17.2. The lowest BCUT2D eigenvalue weighted by Gasteiger charge is -2.17. The van der Waals surface area contributed by atoms with Gasteiger partial charge in [0.15, 0.2) is 11.5 Å². The third kappa shape index (κ3) is 4.63. The van der Waals surface area contributed by atoms with E-state index in [2.05, 4.69) is 5.32 Å². The minimum absolute atomic E-state index is 0.123. The zero-order valence-corrected chi connectivity index (χ0v) is 17.4. The summed E-state index contributed by atoms with van der Waals surface area (Å²) in [5.74, 6) is 0.246. The van der Waals surface area contributed by atoms with Gasteiger partial charge in [-0.15, -0.1) is 0 Å². The van der Waals surface area contributed by atoms with E-state index in [0.717, 1.165) is 0 Å². The second-order valence-corrected chi connectivity index (χ2v) is 8.00. The van der Waals surface area contributed by atoms with Crippen molar-refractivity contribution in [2.24, 2.45) is 11.8 Å². The molecule has 8 heteroatoms. The van der Waals surface area contributed by atoms with Gasteiger partial charge in [0.05, 0.1) is 18.1 Å². The third-order valence-corrected chi connectivity index (χ3v) is 5.10. The number of carbonyl (C=O) groups is 3. The molecule has 0 saturated carbocycles. The summed E-state index contributed by atoms with van der Waals surface area (Å²) in [5, 5.41) is 2.82. The lowest BCUT2D eigenvalue weighted by Crippen LogP contribution is -2.28. The lowest BCUT2D eigenvalue weighted by atomic mass is 10.1. The Morgan fingerprint density at radius 2 is 1.87 bits per heavy atom. The maximum absolute atomic E-state index is 12.7. The Kier molecular flexibility index (Phi) is 5.79. The summed E-state index contributed by atoms with van der Waals surface area (Å²) in [4.78, 5) is 38.8. The monoisotopic (exact) mass is 424 g/mol. The Morgan fingerprint density at radius 3 is 2.61 bits per heavy atom. The highest BCUT2D eigenvalue weighted by Crippen LogP contribution is 2.37. The number of hydrogen-bond donors (Lipinski definition) is 1. The second kappa shape index (κ2) is 8.67. The maximum Gasteiger partial charge on any atom is 0.338 e. The zero-order chi connectivity index (χ0) is 22.0. The largest absolute Gasteiger partial charge is 0.462 e. The van der Waals surface area contributed by atoms with Crippen molar-refractivity contribution in [3.8, 4) is 11.5 Å². The first-order chi connectivity index (χ1) is 14.9. The summed E-state index contributed by atoms with van der Waals surface area (Å²) in [5.41, 5.74) is 1.65. The molecule has 0 radical (unpaired) electrons. The Labute approximate surface area is 180 Å². The lowest BCUT2D eigenvalue weighted by molar-refractivity contribution is -0.122. The number of nitrogens with zero attached hydrogens (tertiary/aromatic N) is 1. The van der Waals surface area contributed by atoms with Gasteiger partial charge in [-0.1, -0.05) is 13.8 Å². The smallest absolute Gasteiger partial charge is 0.338 e. The van der Waals surface area contributed by atoms with Crippen LogP contribution >= 0.6 is 0 Å². The predicted octanol–water partition coefficient (Wildman–Crippen LogP) is 3.22. The van der Waals surface area contributed by atoms with E-state index in [1.165, 1.54) is 0 Å². The summed E-state index contributed by atoms with van der Waals surface area (Å²) in [6, 6.07) is 11.8. The van der Waals surface area contributed by atoms with Crippen LogP contribution in [0.15, 0.2) is 42.5 Å². The molecule has 4 rings (SSSR count). The number of rotatable bonds is 6. The van der Waals surface area contributed by atoms with E-state index in [0.29, 0.717) is 35.0 Å². The fourth-order valence-corrected chi connectivity index (χ4v) is 3.45. The van der Waals surface area contributed by atoms with Gasteiger partial charge in [0, 0.05) is 30.4 Å². The van der Waals surface area contributed by atoms with Gasteiger partial charge in [0.1, 0.15) is 0 Å². The van der Waals surface area contributed by atoms with Gasteiger partial charge in [0.25, 0.3) is 0 Å². The molecular formula is C23H24N2O6. The van der Waals surface area contributed by atoms with Crippen molar-refractivity contribution in [1.82, 2.24) is 0 Å². The van der Waals surface area contributed by atoms with Crippen molar-refractivity contribution in [2.75, 3.05) is 30.2 Å². The second-order valence-electron chi connectivity index (χ2n) is 8.00. The van der Waals surface area contributed by atoms with Crippen LogP contribution in [0.5, 0.6) is 11.5 Å². The Balaban J connectivity index is 1.36. The summed E-state index contributed by atoms with van der Waals surface area (Å²) in [6.07, 6.45) is 0.125. The molecule has 1 unspecified atom stereocenters. The molecule has 31 heavy (non-hydrogen) atoms. The molecule has 0 bridgehead atoms. The van der Waals surface area contributed by atoms with Gasteiger partial charge in [-0.05, 0) is 42.3 Å². The molecule has 1 atom stereocenters. The number of fused-ring (bicyclic) bond motifs is 1. The molecule has 0 aliphatic carbocycles. The number of ether oxygens (including phenoxy) is 3. The molecule has 2 amide bonds. The fraction of sp³-hybridized carbons (Fsp3) is 0.348. The van der Waals surface area contributed by atoms with Crippen molar-refractivity contribution in [3.63, 3.8) is 0 Å². The molecule has 162 valence electrons. The topological polar surface area (TPSA) is 94.2 Å². The number of esters is 1. The molecular weight excluding hydrogens is 400 g/mol. The van der Waals surface area contributed by atoms with E-state index in [9.17, 15) is 14.4 Å². The first-order valence-corrected chi connectivity index (χ1v) is 10.2. The van der Waals surface area contributed by atoms with Gasteiger partial charge in [-0.3, -0.25) is 9.59 Å². The molecule has 1 fully saturated rings. The van der Waals surface area contributed by atoms with E-state index in [4.69, 9.17) is 14.2 Å². The van der Waals surface area contributed by atoms with Gasteiger partial charge >= 0.3 is 5.97 Å². The van der Waals surface area contributed by atoms with Crippen LogP contribution < -0.4 is 19.7 Å².